The molecule has 2 aliphatic heterocycles. The minimum Gasteiger partial charge on any atom is -0.444 e. The minimum absolute atomic E-state index is 0.149. The second kappa shape index (κ2) is 12.0. The maximum Gasteiger partial charge on any atom is 0.410 e. The molecule has 0 saturated carbocycles. The lowest BCUT2D eigenvalue weighted by molar-refractivity contribution is 0.0138. The van der Waals surface area contributed by atoms with Crippen LogP contribution in [-0.2, 0) is 15.9 Å². The Balaban J connectivity index is 1.77. The van der Waals surface area contributed by atoms with Crippen molar-refractivity contribution in [3.8, 4) is 11.4 Å². The predicted octanol–water partition coefficient (Wildman–Crippen LogP) is 4.92. The van der Waals surface area contributed by atoms with E-state index in [4.69, 9.17) is 19.4 Å². The van der Waals surface area contributed by atoms with E-state index in [0.29, 0.717) is 50.7 Å². The minimum atomic E-state index is -0.606. The third-order valence-electron chi connectivity index (χ3n) is 6.71. The molecule has 2 N–H and O–H groups in total. The Kier molecular flexibility index (Phi) is 8.74. The molecule has 0 spiro atoms. The molecule has 1 unspecified atom stereocenters. The van der Waals surface area contributed by atoms with Gasteiger partial charge in [0.25, 0.3) is 0 Å². The van der Waals surface area contributed by atoms with E-state index in [-0.39, 0.29) is 24.2 Å². The first kappa shape index (κ1) is 28.4. The van der Waals surface area contributed by atoms with Crippen molar-refractivity contribution >= 4 is 23.6 Å². The van der Waals surface area contributed by atoms with Gasteiger partial charge >= 0.3 is 12.1 Å². The van der Waals surface area contributed by atoms with Gasteiger partial charge in [-0.25, -0.2) is 19.6 Å². The van der Waals surface area contributed by atoms with E-state index in [0.717, 1.165) is 29.2 Å². The molecule has 3 amide bonds. The van der Waals surface area contributed by atoms with Crippen molar-refractivity contribution < 1.29 is 19.1 Å². The van der Waals surface area contributed by atoms with Gasteiger partial charge in [0, 0.05) is 36.4 Å². The van der Waals surface area contributed by atoms with E-state index >= 15 is 0 Å². The third kappa shape index (κ3) is 6.68. The van der Waals surface area contributed by atoms with Gasteiger partial charge in [-0.2, -0.15) is 0 Å². The van der Waals surface area contributed by atoms with Gasteiger partial charge in [-0.05, 0) is 71.7 Å². The maximum atomic E-state index is 13.2. The fraction of sp³-hybridized carbons (Fsp3) is 0.517. The number of fused-ring (bicyclic) bond motifs is 1. The van der Waals surface area contributed by atoms with E-state index in [1.54, 1.807) is 4.90 Å². The fourth-order valence-electron chi connectivity index (χ4n) is 4.92. The van der Waals surface area contributed by atoms with Crippen LogP contribution in [0.15, 0.2) is 36.9 Å². The first-order valence-corrected chi connectivity index (χ1v) is 13.6. The van der Waals surface area contributed by atoms with Crippen molar-refractivity contribution in [1.82, 2.24) is 20.2 Å². The lowest BCUT2D eigenvalue weighted by Gasteiger charge is -2.40. The lowest BCUT2D eigenvalue weighted by atomic mass is 9.94. The van der Waals surface area contributed by atoms with E-state index in [2.05, 4.69) is 29.0 Å². The standard InChI is InChI=1S/C29H40N6O4/c1-7-9-23-24-22(14-15-35(23)28(37)39-29(4,5)6)26(34-16-17-38-18-19(34)3)33-25(32-24)20-10-12-21(13-11-20)31-27(36)30-8-2/h7,10-13,19,23H,1,8-9,14-18H2,2-6H3,(H2,30,31,36)/t19-,23?/m0/s1. The summed E-state index contributed by atoms with van der Waals surface area (Å²) in [5.41, 5.74) is 2.74. The summed E-state index contributed by atoms with van der Waals surface area (Å²) in [7, 11) is 0. The summed E-state index contributed by atoms with van der Waals surface area (Å²) in [5, 5.41) is 5.54. The molecular weight excluding hydrogens is 496 g/mol. The maximum absolute atomic E-state index is 13.2. The average Bonchev–Trinajstić information content (AvgIpc) is 2.88. The van der Waals surface area contributed by atoms with Crippen LogP contribution in [0.1, 0.15) is 58.3 Å². The van der Waals surface area contributed by atoms with E-state index in [9.17, 15) is 9.59 Å². The van der Waals surface area contributed by atoms with E-state index < -0.39 is 5.60 Å². The van der Waals surface area contributed by atoms with Gasteiger partial charge in [-0.3, -0.25) is 4.90 Å². The molecule has 39 heavy (non-hydrogen) atoms. The molecular formula is C29H40N6O4. The molecule has 2 aromatic rings. The van der Waals surface area contributed by atoms with Crippen LogP contribution in [0.25, 0.3) is 11.4 Å². The fourth-order valence-corrected chi connectivity index (χ4v) is 4.92. The Morgan fingerprint density at radius 3 is 2.59 bits per heavy atom. The number of aromatic nitrogens is 2. The molecule has 10 heteroatoms. The second-order valence-electron chi connectivity index (χ2n) is 10.9. The van der Waals surface area contributed by atoms with E-state index in [1.807, 2.05) is 58.0 Å². The molecule has 1 aromatic carbocycles. The zero-order valence-electron chi connectivity index (χ0n) is 23.6. The first-order valence-electron chi connectivity index (χ1n) is 13.6. The van der Waals surface area contributed by atoms with Gasteiger partial charge in [0.2, 0.25) is 0 Å². The van der Waals surface area contributed by atoms with Crippen LogP contribution in [0.3, 0.4) is 0 Å². The highest BCUT2D eigenvalue weighted by Crippen LogP contribution is 2.38. The summed E-state index contributed by atoms with van der Waals surface area (Å²) in [5.74, 6) is 1.44. The van der Waals surface area contributed by atoms with Crippen molar-refractivity contribution in [2.24, 2.45) is 0 Å². The number of urea groups is 1. The summed E-state index contributed by atoms with van der Waals surface area (Å²) < 4.78 is 11.5. The van der Waals surface area contributed by atoms with Crippen molar-refractivity contribution in [2.45, 2.75) is 65.1 Å². The summed E-state index contributed by atoms with van der Waals surface area (Å²) in [6.07, 6.45) is 2.62. The van der Waals surface area contributed by atoms with Crippen molar-refractivity contribution in [3.63, 3.8) is 0 Å². The molecule has 3 heterocycles. The molecule has 1 aromatic heterocycles. The first-order chi connectivity index (χ1) is 18.6. The average molecular weight is 537 g/mol. The van der Waals surface area contributed by atoms with Gasteiger partial charge in [-0.15, -0.1) is 6.58 Å². The van der Waals surface area contributed by atoms with Gasteiger partial charge in [0.1, 0.15) is 11.4 Å². The Bertz CT molecular complexity index is 1190. The quantitative estimate of drug-likeness (QED) is 0.505. The molecule has 0 radical (unpaired) electrons. The number of amides is 3. The SMILES string of the molecule is C=CCC1c2nc(-c3ccc(NC(=O)NCC)cc3)nc(N3CCOC[C@@H]3C)c2CCN1C(=O)OC(C)(C)C. The Labute approximate surface area is 230 Å². The molecule has 0 aliphatic carbocycles. The number of rotatable bonds is 6. The zero-order chi connectivity index (χ0) is 28.2. The van der Waals surface area contributed by atoms with Gasteiger partial charge < -0.3 is 25.0 Å². The Morgan fingerprint density at radius 2 is 1.95 bits per heavy atom. The number of nitrogens with one attached hydrogen (secondary N) is 2. The van der Waals surface area contributed by atoms with Crippen LogP contribution < -0.4 is 15.5 Å². The third-order valence-corrected chi connectivity index (χ3v) is 6.71. The van der Waals surface area contributed by atoms with Gasteiger partial charge in [0.15, 0.2) is 5.82 Å². The van der Waals surface area contributed by atoms with Gasteiger partial charge in [0.05, 0.1) is 31.0 Å². The van der Waals surface area contributed by atoms with Crippen LogP contribution in [-0.4, -0.2) is 71.5 Å². The normalized spacial score (nSPS) is 19.2. The Morgan fingerprint density at radius 1 is 1.21 bits per heavy atom. The van der Waals surface area contributed by atoms with Crippen LogP contribution in [0.4, 0.5) is 21.1 Å². The molecule has 2 atom stereocenters. The predicted molar refractivity (Wildman–Crippen MR) is 152 cm³/mol. The lowest BCUT2D eigenvalue weighted by Crippen LogP contribution is -2.47. The molecule has 210 valence electrons. The number of ether oxygens (including phenoxy) is 2. The van der Waals surface area contributed by atoms with Crippen molar-refractivity contribution in [1.29, 1.82) is 0 Å². The molecule has 2 aliphatic rings. The van der Waals surface area contributed by atoms with Crippen LogP contribution >= 0.6 is 0 Å². The molecule has 4 rings (SSSR count). The van der Waals surface area contributed by atoms with Crippen molar-refractivity contribution in [2.75, 3.05) is 43.1 Å². The van der Waals surface area contributed by atoms with Crippen molar-refractivity contribution in [3.05, 3.63) is 48.2 Å². The number of hydrogen-bond acceptors (Lipinski definition) is 7. The smallest absolute Gasteiger partial charge is 0.410 e. The summed E-state index contributed by atoms with van der Waals surface area (Å²) in [6, 6.07) is 7.03. The topological polar surface area (TPSA) is 109 Å². The summed E-state index contributed by atoms with van der Waals surface area (Å²) in [6.45, 7) is 16.6. The number of benzene rings is 1. The van der Waals surface area contributed by atoms with Crippen LogP contribution in [0.5, 0.6) is 0 Å². The molecule has 0 bridgehead atoms. The molecule has 1 saturated heterocycles. The second-order valence-corrected chi connectivity index (χ2v) is 10.9. The molecule has 1 fully saturated rings. The monoisotopic (exact) mass is 536 g/mol. The van der Waals surface area contributed by atoms with E-state index in [1.165, 1.54) is 0 Å². The molecule has 10 nitrogen and oxygen atoms in total. The zero-order valence-corrected chi connectivity index (χ0v) is 23.6. The highest BCUT2D eigenvalue weighted by atomic mass is 16.6. The number of anilines is 2. The largest absolute Gasteiger partial charge is 0.444 e. The Hall–Kier alpha value is -3.66. The summed E-state index contributed by atoms with van der Waals surface area (Å²) in [4.78, 5) is 39.3. The number of carbonyl (C=O) groups is 2. The highest BCUT2D eigenvalue weighted by molar-refractivity contribution is 5.89. The highest BCUT2D eigenvalue weighted by Gasteiger charge is 2.37. The summed E-state index contributed by atoms with van der Waals surface area (Å²) >= 11 is 0. The van der Waals surface area contributed by atoms with Gasteiger partial charge in [-0.1, -0.05) is 6.08 Å². The number of hydrogen-bond donors (Lipinski definition) is 2. The number of carbonyl (C=O) groups excluding carboxylic acids is 2. The van der Waals surface area contributed by atoms with Crippen LogP contribution in [0, 0.1) is 0 Å². The van der Waals surface area contributed by atoms with Crippen LogP contribution in [0.2, 0.25) is 0 Å². The number of morpholine rings is 1. The number of nitrogens with zero attached hydrogens (tertiary/aromatic N) is 4.